The lowest BCUT2D eigenvalue weighted by molar-refractivity contribution is 0.403. The van der Waals surface area contributed by atoms with Gasteiger partial charge >= 0.3 is 0 Å². The van der Waals surface area contributed by atoms with E-state index in [1.807, 2.05) is 6.07 Å². The van der Waals surface area contributed by atoms with Gasteiger partial charge in [0.15, 0.2) is 11.5 Å². The first kappa shape index (κ1) is 21.3. The van der Waals surface area contributed by atoms with Gasteiger partial charge in [0.2, 0.25) is 0 Å². The highest BCUT2D eigenvalue weighted by Gasteiger charge is 2.00. The molecule has 1 aromatic carbocycles. The molecule has 2 nitrogen and oxygen atoms in total. The van der Waals surface area contributed by atoms with E-state index in [9.17, 15) is 10.2 Å². The van der Waals surface area contributed by atoms with Crippen molar-refractivity contribution in [1.82, 2.24) is 0 Å². The van der Waals surface area contributed by atoms with Crippen LogP contribution in [0.5, 0.6) is 11.5 Å². The van der Waals surface area contributed by atoms with E-state index in [2.05, 4.69) is 31.2 Å². The molecule has 0 aliphatic heterocycles. The number of benzene rings is 1. The van der Waals surface area contributed by atoms with E-state index in [0.717, 1.165) is 24.8 Å². The first-order chi connectivity index (χ1) is 12.2. The molecule has 0 aliphatic rings. The first-order valence-electron chi connectivity index (χ1n) is 10.0. The van der Waals surface area contributed by atoms with Crippen molar-refractivity contribution < 1.29 is 10.2 Å². The Morgan fingerprint density at radius 3 is 2.04 bits per heavy atom. The van der Waals surface area contributed by atoms with Gasteiger partial charge in [-0.2, -0.15) is 0 Å². The fourth-order valence-electron chi connectivity index (χ4n) is 2.87. The second-order valence-electron chi connectivity index (χ2n) is 6.80. The van der Waals surface area contributed by atoms with Crippen molar-refractivity contribution in [3.63, 3.8) is 0 Å². The number of phenolic OH excluding ortho intramolecular Hbond substituents is 2. The molecule has 1 aromatic rings. The maximum atomic E-state index is 9.47. The third-order valence-corrected chi connectivity index (χ3v) is 4.44. The standard InChI is InChI=1S/C23H36O2/c1-2-3-4-5-6-7-8-9-10-11-12-13-14-15-16-17-21-18-19-22(24)23(25)20-21/h4-5,7-8,18-20,24-25H,2-3,6,9-17H2,1H3/b5-4-,8-7-. The second-order valence-corrected chi connectivity index (χ2v) is 6.80. The Balaban J connectivity index is 1.88. The monoisotopic (exact) mass is 344 g/mol. The lowest BCUT2D eigenvalue weighted by Crippen LogP contribution is -1.86. The van der Waals surface area contributed by atoms with Gasteiger partial charge in [0.05, 0.1) is 0 Å². The van der Waals surface area contributed by atoms with Crippen molar-refractivity contribution in [3.8, 4) is 11.5 Å². The van der Waals surface area contributed by atoms with Gasteiger partial charge < -0.3 is 10.2 Å². The first-order valence-corrected chi connectivity index (χ1v) is 10.0. The van der Waals surface area contributed by atoms with Gasteiger partial charge in [0.1, 0.15) is 0 Å². The molecule has 0 aromatic heterocycles. The predicted molar refractivity (Wildman–Crippen MR) is 108 cm³/mol. The minimum absolute atomic E-state index is 0.0106. The maximum absolute atomic E-state index is 9.47. The molecule has 0 fully saturated rings. The van der Waals surface area contributed by atoms with Gasteiger partial charge in [-0.1, -0.05) is 75.8 Å². The largest absolute Gasteiger partial charge is 0.504 e. The molecule has 0 unspecified atom stereocenters. The molecule has 0 saturated carbocycles. The zero-order valence-corrected chi connectivity index (χ0v) is 15.9. The van der Waals surface area contributed by atoms with Crippen LogP contribution in [0.4, 0.5) is 0 Å². The number of aromatic hydroxyl groups is 2. The third-order valence-electron chi connectivity index (χ3n) is 4.44. The van der Waals surface area contributed by atoms with E-state index < -0.39 is 0 Å². The lowest BCUT2D eigenvalue weighted by atomic mass is 10.0. The Morgan fingerprint density at radius 2 is 1.36 bits per heavy atom. The Hall–Kier alpha value is -1.70. The van der Waals surface area contributed by atoms with Crippen LogP contribution in [-0.2, 0) is 6.42 Å². The van der Waals surface area contributed by atoms with Crippen molar-refractivity contribution in [2.24, 2.45) is 0 Å². The number of rotatable bonds is 14. The summed E-state index contributed by atoms with van der Waals surface area (Å²) >= 11 is 0. The molecule has 0 radical (unpaired) electrons. The van der Waals surface area contributed by atoms with E-state index in [4.69, 9.17) is 0 Å². The average Bonchev–Trinajstić information content (AvgIpc) is 2.61. The van der Waals surface area contributed by atoms with Crippen molar-refractivity contribution in [3.05, 3.63) is 48.1 Å². The molecular weight excluding hydrogens is 308 g/mol. The van der Waals surface area contributed by atoms with Crippen LogP contribution < -0.4 is 0 Å². The van der Waals surface area contributed by atoms with Gasteiger partial charge in [-0.25, -0.2) is 0 Å². The smallest absolute Gasteiger partial charge is 0.157 e. The molecule has 0 atom stereocenters. The molecule has 0 spiro atoms. The molecule has 0 amide bonds. The molecule has 0 heterocycles. The Labute approximate surface area is 154 Å². The SMILES string of the molecule is CCC/C=C\C/C=C\CCCCCCCCCc1ccc(O)c(O)c1. The normalized spacial score (nSPS) is 11.7. The zero-order valence-electron chi connectivity index (χ0n) is 15.9. The van der Waals surface area contributed by atoms with Crippen LogP contribution in [0, 0.1) is 0 Å². The summed E-state index contributed by atoms with van der Waals surface area (Å²) in [5, 5.41) is 18.8. The number of hydrogen-bond donors (Lipinski definition) is 2. The van der Waals surface area contributed by atoms with E-state index >= 15 is 0 Å². The van der Waals surface area contributed by atoms with Gasteiger partial charge in [0.25, 0.3) is 0 Å². The van der Waals surface area contributed by atoms with Crippen molar-refractivity contribution in [2.75, 3.05) is 0 Å². The highest BCUT2D eigenvalue weighted by atomic mass is 16.3. The van der Waals surface area contributed by atoms with Crippen LogP contribution >= 0.6 is 0 Å². The van der Waals surface area contributed by atoms with Gasteiger partial charge in [-0.05, 0) is 56.2 Å². The molecule has 25 heavy (non-hydrogen) atoms. The van der Waals surface area contributed by atoms with Crippen molar-refractivity contribution >= 4 is 0 Å². The zero-order chi connectivity index (χ0) is 18.2. The quantitative estimate of drug-likeness (QED) is 0.215. The minimum Gasteiger partial charge on any atom is -0.504 e. The summed E-state index contributed by atoms with van der Waals surface area (Å²) in [6.07, 6.45) is 23.8. The number of unbranched alkanes of at least 4 members (excludes halogenated alkanes) is 8. The molecule has 2 N–H and O–H groups in total. The van der Waals surface area contributed by atoms with Crippen molar-refractivity contribution in [1.29, 1.82) is 0 Å². The summed E-state index contributed by atoms with van der Waals surface area (Å²) in [4.78, 5) is 0. The summed E-state index contributed by atoms with van der Waals surface area (Å²) in [5.74, 6) is -0.0462. The van der Waals surface area contributed by atoms with Gasteiger partial charge in [-0.15, -0.1) is 0 Å². The molecule has 2 heteroatoms. The van der Waals surface area contributed by atoms with E-state index in [1.165, 1.54) is 57.8 Å². The van der Waals surface area contributed by atoms with Crippen LogP contribution in [0.15, 0.2) is 42.5 Å². The average molecular weight is 345 g/mol. The predicted octanol–water partition coefficient (Wildman–Crippen LogP) is 7.06. The Bertz CT molecular complexity index is 503. The topological polar surface area (TPSA) is 40.5 Å². The second kappa shape index (κ2) is 14.6. The Morgan fingerprint density at radius 1 is 0.720 bits per heavy atom. The highest BCUT2D eigenvalue weighted by Crippen LogP contribution is 2.25. The molecule has 1 rings (SSSR count). The summed E-state index contributed by atoms with van der Waals surface area (Å²) < 4.78 is 0. The van der Waals surface area contributed by atoms with E-state index in [1.54, 1.807) is 12.1 Å². The van der Waals surface area contributed by atoms with Gasteiger partial charge in [0, 0.05) is 0 Å². The number of aryl methyl sites for hydroxylation is 1. The number of allylic oxidation sites excluding steroid dienone is 4. The van der Waals surface area contributed by atoms with Crippen LogP contribution in [-0.4, -0.2) is 10.2 Å². The number of hydrogen-bond acceptors (Lipinski definition) is 2. The third kappa shape index (κ3) is 11.5. The summed E-state index contributed by atoms with van der Waals surface area (Å²) in [6, 6.07) is 5.13. The Kier molecular flexibility index (Phi) is 12.5. The molecule has 0 saturated heterocycles. The molecule has 0 aliphatic carbocycles. The van der Waals surface area contributed by atoms with E-state index in [0.29, 0.717) is 0 Å². The summed E-state index contributed by atoms with van der Waals surface area (Å²) in [7, 11) is 0. The summed E-state index contributed by atoms with van der Waals surface area (Å²) in [6.45, 7) is 2.21. The van der Waals surface area contributed by atoms with Crippen LogP contribution in [0.25, 0.3) is 0 Å². The molecular formula is C23H36O2. The highest BCUT2D eigenvalue weighted by molar-refractivity contribution is 5.40. The van der Waals surface area contributed by atoms with E-state index in [-0.39, 0.29) is 11.5 Å². The van der Waals surface area contributed by atoms with Gasteiger partial charge in [-0.3, -0.25) is 0 Å². The fraction of sp³-hybridized carbons (Fsp3) is 0.565. The minimum atomic E-state index is -0.0356. The molecule has 0 bridgehead atoms. The maximum Gasteiger partial charge on any atom is 0.157 e. The summed E-state index contributed by atoms with van der Waals surface area (Å²) in [5.41, 5.74) is 1.10. The lowest BCUT2D eigenvalue weighted by Gasteiger charge is -2.04. The van der Waals surface area contributed by atoms with Crippen LogP contribution in [0.1, 0.15) is 83.1 Å². The van der Waals surface area contributed by atoms with Crippen molar-refractivity contribution in [2.45, 2.75) is 84.0 Å². The molecule has 140 valence electrons. The fourth-order valence-corrected chi connectivity index (χ4v) is 2.87. The van der Waals surface area contributed by atoms with Crippen LogP contribution in [0.3, 0.4) is 0 Å². The number of phenols is 2. The van der Waals surface area contributed by atoms with Crippen LogP contribution in [0.2, 0.25) is 0 Å².